The Kier molecular flexibility index (Phi) is 2.10. The predicted octanol–water partition coefficient (Wildman–Crippen LogP) is 2.60. The molecule has 0 saturated heterocycles. The topological polar surface area (TPSA) is 20.3 Å². The normalized spacial score (nSPS) is 19.6. The SMILES string of the molecule is CN1C(=O)CCC2=C1CCc1ccccc12. The molecule has 1 aromatic carbocycles. The third-order valence-corrected chi connectivity index (χ3v) is 3.69. The first-order valence-corrected chi connectivity index (χ1v) is 5.84. The number of carbonyl (C=O) groups excluding carboxylic acids is 1. The molecule has 1 aliphatic heterocycles. The Hall–Kier alpha value is -1.57. The molecule has 2 nitrogen and oxygen atoms in total. The summed E-state index contributed by atoms with van der Waals surface area (Å²) in [5, 5.41) is 0. The lowest BCUT2D eigenvalue weighted by Gasteiger charge is -2.33. The van der Waals surface area contributed by atoms with Gasteiger partial charge in [-0.2, -0.15) is 0 Å². The Bertz CT molecular complexity index is 487. The van der Waals surface area contributed by atoms with E-state index in [4.69, 9.17) is 0 Å². The van der Waals surface area contributed by atoms with Crippen molar-refractivity contribution in [3.8, 4) is 0 Å². The van der Waals surface area contributed by atoms with Crippen molar-refractivity contribution in [2.45, 2.75) is 25.7 Å². The number of hydrogen-bond acceptors (Lipinski definition) is 1. The summed E-state index contributed by atoms with van der Waals surface area (Å²) in [6, 6.07) is 8.58. The van der Waals surface area contributed by atoms with Gasteiger partial charge in [0.1, 0.15) is 0 Å². The van der Waals surface area contributed by atoms with Gasteiger partial charge in [-0.15, -0.1) is 0 Å². The first-order chi connectivity index (χ1) is 7.77. The first kappa shape index (κ1) is 9.64. The van der Waals surface area contributed by atoms with Crippen LogP contribution >= 0.6 is 0 Å². The molecule has 3 rings (SSSR count). The summed E-state index contributed by atoms with van der Waals surface area (Å²) in [5.74, 6) is 0.262. The van der Waals surface area contributed by atoms with Crippen molar-refractivity contribution in [1.82, 2.24) is 4.90 Å². The van der Waals surface area contributed by atoms with Crippen LogP contribution in [-0.4, -0.2) is 17.9 Å². The van der Waals surface area contributed by atoms with Crippen LogP contribution in [0.4, 0.5) is 0 Å². The second kappa shape index (κ2) is 3.48. The molecule has 2 aliphatic rings. The highest BCUT2D eigenvalue weighted by Gasteiger charge is 2.27. The highest BCUT2D eigenvalue weighted by molar-refractivity contribution is 5.87. The molecule has 0 fully saturated rings. The maximum Gasteiger partial charge on any atom is 0.226 e. The third kappa shape index (κ3) is 1.29. The number of allylic oxidation sites excluding steroid dienone is 2. The fourth-order valence-corrected chi connectivity index (χ4v) is 2.79. The van der Waals surface area contributed by atoms with Crippen molar-refractivity contribution in [3.05, 3.63) is 41.1 Å². The van der Waals surface area contributed by atoms with Gasteiger partial charge in [0, 0.05) is 19.2 Å². The van der Waals surface area contributed by atoms with E-state index in [1.54, 1.807) is 0 Å². The molecule has 1 aromatic rings. The molecule has 1 heterocycles. The van der Waals surface area contributed by atoms with E-state index in [2.05, 4.69) is 24.3 Å². The van der Waals surface area contributed by atoms with Crippen LogP contribution in [0, 0.1) is 0 Å². The number of rotatable bonds is 0. The summed E-state index contributed by atoms with van der Waals surface area (Å²) < 4.78 is 0. The van der Waals surface area contributed by atoms with Crippen LogP contribution in [-0.2, 0) is 11.2 Å². The second-order valence-electron chi connectivity index (χ2n) is 4.54. The average Bonchev–Trinajstić information content (AvgIpc) is 2.33. The summed E-state index contributed by atoms with van der Waals surface area (Å²) >= 11 is 0. The van der Waals surface area contributed by atoms with Crippen LogP contribution in [0.3, 0.4) is 0 Å². The van der Waals surface area contributed by atoms with Crippen LogP contribution in [0.5, 0.6) is 0 Å². The largest absolute Gasteiger partial charge is 0.319 e. The number of benzene rings is 1. The Morgan fingerprint density at radius 3 is 2.75 bits per heavy atom. The standard InChI is InChI=1S/C14H15NO/c1-15-13-8-6-10-4-2-3-5-11(10)12(13)7-9-14(15)16/h2-5H,6-9H2,1H3. The zero-order chi connectivity index (χ0) is 11.1. The molecule has 1 amide bonds. The zero-order valence-corrected chi connectivity index (χ0v) is 9.49. The summed E-state index contributed by atoms with van der Waals surface area (Å²) in [6.45, 7) is 0. The minimum absolute atomic E-state index is 0.262. The van der Waals surface area contributed by atoms with Crippen molar-refractivity contribution in [1.29, 1.82) is 0 Å². The second-order valence-corrected chi connectivity index (χ2v) is 4.54. The fraction of sp³-hybridized carbons (Fsp3) is 0.357. The predicted molar refractivity (Wildman–Crippen MR) is 63.7 cm³/mol. The van der Waals surface area contributed by atoms with Crippen LogP contribution < -0.4 is 0 Å². The maximum absolute atomic E-state index is 11.7. The minimum atomic E-state index is 0.262. The third-order valence-electron chi connectivity index (χ3n) is 3.69. The van der Waals surface area contributed by atoms with E-state index in [1.165, 1.54) is 22.4 Å². The summed E-state index contributed by atoms with van der Waals surface area (Å²) in [6.07, 6.45) is 3.64. The molecule has 16 heavy (non-hydrogen) atoms. The molecule has 0 N–H and O–H groups in total. The first-order valence-electron chi connectivity index (χ1n) is 5.84. The molecular weight excluding hydrogens is 198 g/mol. The fourth-order valence-electron chi connectivity index (χ4n) is 2.79. The summed E-state index contributed by atoms with van der Waals surface area (Å²) in [7, 11) is 1.91. The Labute approximate surface area is 95.6 Å². The highest BCUT2D eigenvalue weighted by atomic mass is 16.2. The number of amides is 1. The zero-order valence-electron chi connectivity index (χ0n) is 9.49. The summed E-state index contributed by atoms with van der Waals surface area (Å²) in [5.41, 5.74) is 5.44. The van der Waals surface area contributed by atoms with Gasteiger partial charge in [-0.3, -0.25) is 4.79 Å². The van der Waals surface area contributed by atoms with Gasteiger partial charge in [0.05, 0.1) is 0 Å². The number of nitrogens with zero attached hydrogens (tertiary/aromatic N) is 1. The minimum Gasteiger partial charge on any atom is -0.319 e. The van der Waals surface area contributed by atoms with Gasteiger partial charge in [-0.05, 0) is 36.0 Å². The Morgan fingerprint density at radius 1 is 1.06 bits per heavy atom. The van der Waals surface area contributed by atoms with Crippen molar-refractivity contribution < 1.29 is 4.79 Å². The monoisotopic (exact) mass is 213 g/mol. The van der Waals surface area contributed by atoms with E-state index in [0.717, 1.165) is 19.3 Å². The van der Waals surface area contributed by atoms with Crippen LogP contribution in [0.2, 0.25) is 0 Å². The molecule has 0 bridgehead atoms. The molecule has 82 valence electrons. The number of fused-ring (bicyclic) bond motifs is 2. The van der Waals surface area contributed by atoms with E-state index in [1.807, 2.05) is 11.9 Å². The van der Waals surface area contributed by atoms with E-state index in [-0.39, 0.29) is 5.91 Å². The summed E-state index contributed by atoms with van der Waals surface area (Å²) in [4.78, 5) is 13.5. The smallest absolute Gasteiger partial charge is 0.226 e. The van der Waals surface area contributed by atoms with Gasteiger partial charge in [0.2, 0.25) is 5.91 Å². The molecule has 0 saturated carbocycles. The van der Waals surface area contributed by atoms with Crippen LogP contribution in [0.15, 0.2) is 30.0 Å². The molecule has 1 aliphatic carbocycles. The Balaban J connectivity index is 2.14. The van der Waals surface area contributed by atoms with Crippen molar-refractivity contribution in [2.24, 2.45) is 0 Å². The van der Waals surface area contributed by atoms with Crippen molar-refractivity contribution in [3.63, 3.8) is 0 Å². The van der Waals surface area contributed by atoms with Gasteiger partial charge in [0.25, 0.3) is 0 Å². The van der Waals surface area contributed by atoms with Gasteiger partial charge in [0.15, 0.2) is 0 Å². The molecule has 0 aromatic heterocycles. The number of aryl methyl sites for hydroxylation is 1. The lowest BCUT2D eigenvalue weighted by Crippen LogP contribution is -2.32. The number of hydrogen-bond donors (Lipinski definition) is 0. The van der Waals surface area contributed by atoms with E-state index in [0.29, 0.717) is 6.42 Å². The molecular formula is C14H15NO. The maximum atomic E-state index is 11.7. The van der Waals surface area contributed by atoms with E-state index in [9.17, 15) is 4.79 Å². The van der Waals surface area contributed by atoms with Crippen LogP contribution in [0.1, 0.15) is 30.4 Å². The van der Waals surface area contributed by atoms with Crippen LogP contribution in [0.25, 0.3) is 5.57 Å². The van der Waals surface area contributed by atoms with Gasteiger partial charge >= 0.3 is 0 Å². The van der Waals surface area contributed by atoms with E-state index < -0.39 is 0 Å². The molecule has 0 radical (unpaired) electrons. The van der Waals surface area contributed by atoms with Gasteiger partial charge in [-0.25, -0.2) is 0 Å². The van der Waals surface area contributed by atoms with Crippen molar-refractivity contribution in [2.75, 3.05) is 7.05 Å². The molecule has 0 spiro atoms. The lowest BCUT2D eigenvalue weighted by atomic mass is 9.84. The van der Waals surface area contributed by atoms with Crippen molar-refractivity contribution >= 4 is 11.5 Å². The van der Waals surface area contributed by atoms with E-state index >= 15 is 0 Å². The molecule has 0 atom stereocenters. The highest BCUT2D eigenvalue weighted by Crippen LogP contribution is 2.38. The quantitative estimate of drug-likeness (QED) is 0.648. The molecule has 0 unspecified atom stereocenters. The van der Waals surface area contributed by atoms with Gasteiger partial charge in [-0.1, -0.05) is 24.3 Å². The van der Waals surface area contributed by atoms with Gasteiger partial charge < -0.3 is 4.90 Å². The Morgan fingerprint density at radius 2 is 1.88 bits per heavy atom. The molecule has 2 heteroatoms. The average molecular weight is 213 g/mol. The number of carbonyl (C=O) groups is 1. The lowest BCUT2D eigenvalue weighted by molar-refractivity contribution is -0.128.